The molecule has 1 aromatic carbocycles. The van der Waals surface area contributed by atoms with Gasteiger partial charge >= 0.3 is 0 Å². The number of sulfonamides is 1. The van der Waals surface area contributed by atoms with Gasteiger partial charge < -0.3 is 14.2 Å². The maximum Gasteiger partial charge on any atom is 0.270 e. The molecule has 2 aliphatic rings. The smallest absolute Gasteiger partial charge is 0.270 e. The topological polar surface area (TPSA) is 71.9 Å². The number of aromatic nitrogens is 1. The van der Waals surface area contributed by atoms with E-state index in [1.165, 1.54) is 22.1 Å². The maximum absolute atomic E-state index is 13.0. The first-order chi connectivity index (χ1) is 13.0. The third-order valence-corrected chi connectivity index (χ3v) is 7.09. The molecule has 0 spiro atoms. The van der Waals surface area contributed by atoms with Crippen LogP contribution in [0.1, 0.15) is 21.6 Å². The first kappa shape index (κ1) is 18.2. The van der Waals surface area contributed by atoms with Gasteiger partial charge in [-0.25, -0.2) is 8.42 Å². The molecule has 0 aliphatic carbocycles. The zero-order chi connectivity index (χ0) is 19.0. The summed E-state index contributed by atoms with van der Waals surface area (Å²) in [6, 6.07) is 9.60. The molecule has 0 N–H and O–H groups in total. The number of aryl methyl sites for hydroxylation is 1. The second kappa shape index (κ2) is 7.10. The number of rotatable bonds is 3. The Balaban J connectivity index is 1.57. The van der Waals surface area contributed by atoms with Crippen LogP contribution in [0.3, 0.4) is 0 Å². The highest BCUT2D eigenvalue weighted by molar-refractivity contribution is 7.89. The number of ether oxygens (including phenoxy) is 1. The zero-order valence-corrected chi connectivity index (χ0v) is 16.1. The van der Waals surface area contributed by atoms with Crippen LogP contribution in [-0.2, 0) is 34.8 Å². The van der Waals surface area contributed by atoms with Gasteiger partial charge in [-0.05, 0) is 23.6 Å². The van der Waals surface area contributed by atoms with Crippen LogP contribution in [0.25, 0.3) is 0 Å². The Bertz CT molecular complexity index is 961. The number of hydrogen-bond acceptors (Lipinski definition) is 4. The lowest BCUT2D eigenvalue weighted by Crippen LogP contribution is -2.40. The monoisotopic (exact) mass is 389 g/mol. The van der Waals surface area contributed by atoms with Crippen LogP contribution in [0, 0.1) is 0 Å². The van der Waals surface area contributed by atoms with Crippen molar-refractivity contribution in [3.05, 3.63) is 53.3 Å². The van der Waals surface area contributed by atoms with Gasteiger partial charge in [0, 0.05) is 39.4 Å². The van der Waals surface area contributed by atoms with Crippen LogP contribution in [-0.4, -0.2) is 60.9 Å². The van der Waals surface area contributed by atoms with Gasteiger partial charge in [0.05, 0.1) is 13.2 Å². The number of hydrogen-bond donors (Lipinski definition) is 0. The molecular weight excluding hydrogens is 366 g/mol. The molecule has 1 aromatic heterocycles. The van der Waals surface area contributed by atoms with E-state index in [1.807, 2.05) is 18.2 Å². The van der Waals surface area contributed by atoms with Gasteiger partial charge in [0.2, 0.25) is 10.0 Å². The molecule has 0 saturated carbocycles. The van der Waals surface area contributed by atoms with Gasteiger partial charge in [0.25, 0.3) is 5.91 Å². The molecule has 2 aromatic rings. The van der Waals surface area contributed by atoms with E-state index in [9.17, 15) is 13.2 Å². The van der Waals surface area contributed by atoms with Gasteiger partial charge in [0.1, 0.15) is 10.6 Å². The number of carbonyl (C=O) groups is 1. The van der Waals surface area contributed by atoms with Crippen LogP contribution in [0.5, 0.6) is 0 Å². The number of fused-ring (bicyclic) bond motifs is 1. The molecule has 3 heterocycles. The molecule has 0 bridgehead atoms. The van der Waals surface area contributed by atoms with E-state index in [4.69, 9.17) is 4.74 Å². The highest BCUT2D eigenvalue weighted by Gasteiger charge is 2.30. The predicted molar refractivity (Wildman–Crippen MR) is 99.9 cm³/mol. The van der Waals surface area contributed by atoms with E-state index < -0.39 is 10.0 Å². The molecule has 1 saturated heterocycles. The van der Waals surface area contributed by atoms with Crippen LogP contribution in [0.4, 0.5) is 0 Å². The molecule has 0 radical (unpaired) electrons. The van der Waals surface area contributed by atoms with Gasteiger partial charge in [0.15, 0.2) is 0 Å². The first-order valence-electron chi connectivity index (χ1n) is 9.07. The highest BCUT2D eigenvalue weighted by Crippen LogP contribution is 2.23. The average Bonchev–Trinajstić information content (AvgIpc) is 3.10. The summed E-state index contributed by atoms with van der Waals surface area (Å²) in [6.45, 7) is 2.64. The first-order valence-corrected chi connectivity index (χ1v) is 10.5. The SMILES string of the molecule is Cn1cc(S(=O)(=O)N2CCOCC2)cc1C(=O)N1CCc2ccccc2C1. The number of nitrogens with zero attached hydrogens (tertiary/aromatic N) is 3. The minimum atomic E-state index is -3.61. The largest absolute Gasteiger partial charge is 0.379 e. The fourth-order valence-corrected chi connectivity index (χ4v) is 5.13. The van der Waals surface area contributed by atoms with Crippen molar-refractivity contribution in [2.75, 3.05) is 32.8 Å². The normalized spacial score (nSPS) is 18.3. The quantitative estimate of drug-likeness (QED) is 0.792. The molecule has 4 rings (SSSR count). The molecule has 144 valence electrons. The van der Waals surface area contributed by atoms with Crippen LogP contribution in [0.2, 0.25) is 0 Å². The molecular formula is C19H23N3O4S. The van der Waals surface area contributed by atoms with Crippen molar-refractivity contribution in [2.45, 2.75) is 17.9 Å². The van der Waals surface area contributed by atoms with Gasteiger partial charge in [-0.2, -0.15) is 4.31 Å². The molecule has 2 aliphatic heterocycles. The van der Waals surface area contributed by atoms with E-state index in [1.54, 1.807) is 16.5 Å². The summed E-state index contributed by atoms with van der Waals surface area (Å²) in [4.78, 5) is 15.0. The fourth-order valence-electron chi connectivity index (χ4n) is 3.66. The minimum Gasteiger partial charge on any atom is -0.379 e. The van der Waals surface area contributed by atoms with Gasteiger partial charge in [-0.15, -0.1) is 0 Å². The third-order valence-electron chi connectivity index (χ3n) is 5.22. The Morgan fingerprint density at radius 3 is 2.52 bits per heavy atom. The second-order valence-electron chi connectivity index (χ2n) is 6.93. The van der Waals surface area contributed by atoms with Crippen molar-refractivity contribution in [2.24, 2.45) is 7.05 Å². The number of morpholine rings is 1. The van der Waals surface area contributed by atoms with Crippen molar-refractivity contribution < 1.29 is 17.9 Å². The molecule has 8 heteroatoms. The standard InChI is InChI=1S/C19H23N3O4S/c1-20-14-17(27(24,25)22-8-10-26-11-9-22)12-18(20)19(23)21-7-6-15-4-2-3-5-16(15)13-21/h2-5,12,14H,6-11,13H2,1H3. The summed E-state index contributed by atoms with van der Waals surface area (Å²) < 4.78 is 33.9. The lowest BCUT2D eigenvalue weighted by atomic mass is 10.00. The van der Waals surface area contributed by atoms with Crippen molar-refractivity contribution in [3.63, 3.8) is 0 Å². The lowest BCUT2D eigenvalue weighted by molar-refractivity contribution is 0.0724. The maximum atomic E-state index is 13.0. The van der Waals surface area contributed by atoms with Gasteiger partial charge in [-0.1, -0.05) is 24.3 Å². The predicted octanol–water partition coefficient (Wildman–Crippen LogP) is 1.24. The Morgan fingerprint density at radius 2 is 1.78 bits per heavy atom. The Hall–Kier alpha value is -2.16. The van der Waals surface area contributed by atoms with E-state index in [0.29, 0.717) is 45.1 Å². The van der Waals surface area contributed by atoms with E-state index in [-0.39, 0.29) is 10.8 Å². The van der Waals surface area contributed by atoms with Crippen LogP contribution >= 0.6 is 0 Å². The summed E-state index contributed by atoms with van der Waals surface area (Å²) in [5.74, 6) is -0.143. The summed E-state index contributed by atoms with van der Waals surface area (Å²) in [6.07, 6.45) is 2.33. The second-order valence-corrected chi connectivity index (χ2v) is 8.87. The third kappa shape index (κ3) is 3.40. The molecule has 27 heavy (non-hydrogen) atoms. The fraction of sp³-hybridized carbons (Fsp3) is 0.421. The van der Waals surface area contributed by atoms with Crippen molar-refractivity contribution in [1.29, 1.82) is 0 Å². The van der Waals surface area contributed by atoms with Crippen LogP contribution < -0.4 is 0 Å². The minimum absolute atomic E-state index is 0.143. The Labute approximate surface area is 159 Å². The Kier molecular flexibility index (Phi) is 4.79. The average molecular weight is 389 g/mol. The molecule has 7 nitrogen and oxygen atoms in total. The number of amides is 1. The Morgan fingerprint density at radius 1 is 1.07 bits per heavy atom. The summed E-state index contributed by atoms with van der Waals surface area (Å²) in [5.41, 5.74) is 2.80. The summed E-state index contributed by atoms with van der Waals surface area (Å²) >= 11 is 0. The van der Waals surface area contributed by atoms with E-state index in [0.717, 1.165) is 12.0 Å². The van der Waals surface area contributed by atoms with Crippen LogP contribution in [0.15, 0.2) is 41.4 Å². The summed E-state index contributed by atoms with van der Waals surface area (Å²) in [7, 11) is -1.90. The van der Waals surface area contributed by atoms with Crippen molar-refractivity contribution in [1.82, 2.24) is 13.8 Å². The number of carbonyl (C=O) groups excluding carboxylic acids is 1. The van der Waals surface area contributed by atoms with E-state index >= 15 is 0 Å². The molecule has 1 fully saturated rings. The van der Waals surface area contributed by atoms with Gasteiger partial charge in [-0.3, -0.25) is 4.79 Å². The lowest BCUT2D eigenvalue weighted by Gasteiger charge is -2.29. The van der Waals surface area contributed by atoms with Crippen molar-refractivity contribution >= 4 is 15.9 Å². The molecule has 1 amide bonds. The summed E-state index contributed by atoms with van der Waals surface area (Å²) in [5, 5.41) is 0. The highest BCUT2D eigenvalue weighted by atomic mass is 32.2. The van der Waals surface area contributed by atoms with Crippen molar-refractivity contribution in [3.8, 4) is 0 Å². The van der Waals surface area contributed by atoms with E-state index in [2.05, 4.69) is 6.07 Å². The zero-order valence-electron chi connectivity index (χ0n) is 15.3. The molecule has 0 atom stereocenters. The molecule has 0 unspecified atom stereocenters. The number of benzene rings is 1.